The van der Waals surface area contributed by atoms with E-state index in [0.29, 0.717) is 4.83 Å². The van der Waals surface area contributed by atoms with Gasteiger partial charge in [-0.3, -0.25) is 0 Å². The fourth-order valence-electron chi connectivity index (χ4n) is 1.65. The van der Waals surface area contributed by atoms with Crippen LogP contribution in [0, 0.1) is 0 Å². The van der Waals surface area contributed by atoms with Gasteiger partial charge in [0.1, 0.15) is 5.82 Å². The highest BCUT2D eigenvalue weighted by molar-refractivity contribution is 9.09. The molecule has 0 aromatic heterocycles. The zero-order valence-electron chi connectivity index (χ0n) is 7.36. The summed E-state index contributed by atoms with van der Waals surface area (Å²) in [5.74, 6) is 1.02. The molecule has 13 heavy (non-hydrogen) atoms. The van der Waals surface area contributed by atoms with E-state index in [0.717, 1.165) is 31.8 Å². The van der Waals surface area contributed by atoms with Crippen LogP contribution in [0.2, 0.25) is 0 Å². The number of aliphatic hydroxyl groups is 1. The van der Waals surface area contributed by atoms with Gasteiger partial charge >= 0.3 is 0 Å². The maximum absolute atomic E-state index is 9.35. The second-order valence-electron chi connectivity index (χ2n) is 3.48. The lowest BCUT2D eigenvalue weighted by Crippen LogP contribution is -2.22. The SMILES string of the molecule is OC1CCN(C2=CCC(Br)C=N2)C1. The molecule has 2 aliphatic heterocycles. The molecule has 4 heteroatoms. The summed E-state index contributed by atoms with van der Waals surface area (Å²) in [6.45, 7) is 1.66. The monoisotopic (exact) mass is 244 g/mol. The van der Waals surface area contributed by atoms with Crippen LogP contribution in [-0.4, -0.2) is 40.2 Å². The van der Waals surface area contributed by atoms with E-state index in [1.54, 1.807) is 0 Å². The van der Waals surface area contributed by atoms with Gasteiger partial charge in [0, 0.05) is 19.3 Å². The van der Waals surface area contributed by atoms with Crippen LogP contribution in [0.15, 0.2) is 16.9 Å². The van der Waals surface area contributed by atoms with Crippen LogP contribution in [0.5, 0.6) is 0 Å². The molecule has 0 aromatic carbocycles. The van der Waals surface area contributed by atoms with Crippen LogP contribution in [-0.2, 0) is 0 Å². The van der Waals surface area contributed by atoms with Crippen molar-refractivity contribution in [3.8, 4) is 0 Å². The maximum atomic E-state index is 9.35. The van der Waals surface area contributed by atoms with Gasteiger partial charge in [0.2, 0.25) is 0 Å². The average molecular weight is 245 g/mol. The Hall–Kier alpha value is -0.350. The average Bonchev–Trinajstić information content (AvgIpc) is 2.53. The standard InChI is InChI=1S/C9H13BrN2O/c10-7-1-2-9(11-5-7)12-4-3-8(13)6-12/h2,5,7-8,13H,1,3-4,6H2. The van der Waals surface area contributed by atoms with Gasteiger partial charge in [0.05, 0.1) is 10.9 Å². The quantitative estimate of drug-likeness (QED) is 0.703. The van der Waals surface area contributed by atoms with Crippen LogP contribution in [0.3, 0.4) is 0 Å². The van der Waals surface area contributed by atoms with Gasteiger partial charge in [0.25, 0.3) is 0 Å². The molecule has 1 N–H and O–H groups in total. The maximum Gasteiger partial charge on any atom is 0.124 e. The highest BCUT2D eigenvalue weighted by atomic mass is 79.9. The van der Waals surface area contributed by atoms with E-state index >= 15 is 0 Å². The van der Waals surface area contributed by atoms with Crippen LogP contribution in [0.25, 0.3) is 0 Å². The molecule has 1 fully saturated rings. The van der Waals surface area contributed by atoms with Gasteiger partial charge in [0.15, 0.2) is 0 Å². The number of allylic oxidation sites excluding steroid dienone is 1. The molecule has 0 radical (unpaired) electrons. The predicted octanol–water partition coefficient (Wildman–Crippen LogP) is 1.13. The van der Waals surface area contributed by atoms with Crippen LogP contribution in [0.4, 0.5) is 0 Å². The molecule has 0 spiro atoms. The molecule has 3 nitrogen and oxygen atoms in total. The van der Waals surface area contributed by atoms with E-state index < -0.39 is 0 Å². The summed E-state index contributed by atoms with van der Waals surface area (Å²) >= 11 is 3.47. The summed E-state index contributed by atoms with van der Waals surface area (Å²) in [5, 5.41) is 9.35. The number of hydrogen-bond donors (Lipinski definition) is 1. The largest absolute Gasteiger partial charge is 0.391 e. The molecule has 2 heterocycles. The summed E-state index contributed by atoms with van der Waals surface area (Å²) in [6, 6.07) is 0. The summed E-state index contributed by atoms with van der Waals surface area (Å²) in [4.78, 5) is 6.85. The van der Waals surface area contributed by atoms with Gasteiger partial charge in [-0.2, -0.15) is 0 Å². The van der Waals surface area contributed by atoms with Crippen molar-refractivity contribution < 1.29 is 5.11 Å². The Kier molecular flexibility index (Phi) is 2.69. The fraction of sp³-hybridized carbons (Fsp3) is 0.667. The molecule has 0 amide bonds. The van der Waals surface area contributed by atoms with Crippen molar-refractivity contribution in [3.05, 3.63) is 11.9 Å². The Morgan fingerprint density at radius 1 is 1.62 bits per heavy atom. The van der Waals surface area contributed by atoms with Gasteiger partial charge < -0.3 is 10.0 Å². The molecule has 2 rings (SSSR count). The molecule has 0 aromatic rings. The molecule has 0 saturated carbocycles. The number of likely N-dealkylation sites (tertiary alicyclic amines) is 1. The Morgan fingerprint density at radius 3 is 3.00 bits per heavy atom. The first-order valence-electron chi connectivity index (χ1n) is 4.57. The highest BCUT2D eigenvalue weighted by Crippen LogP contribution is 2.20. The molecule has 0 bridgehead atoms. The summed E-state index contributed by atoms with van der Waals surface area (Å²) in [5.41, 5.74) is 0. The van der Waals surface area contributed by atoms with Crippen molar-refractivity contribution in [2.75, 3.05) is 13.1 Å². The molecule has 2 unspecified atom stereocenters. The third-order valence-electron chi connectivity index (χ3n) is 2.38. The lowest BCUT2D eigenvalue weighted by molar-refractivity contribution is 0.183. The van der Waals surface area contributed by atoms with E-state index in [4.69, 9.17) is 0 Å². The molecular weight excluding hydrogens is 232 g/mol. The van der Waals surface area contributed by atoms with Gasteiger partial charge in [-0.05, 0) is 18.9 Å². The zero-order chi connectivity index (χ0) is 9.26. The van der Waals surface area contributed by atoms with Crippen molar-refractivity contribution in [2.45, 2.75) is 23.8 Å². The third-order valence-corrected chi connectivity index (χ3v) is 2.99. The second kappa shape index (κ2) is 3.80. The third kappa shape index (κ3) is 2.11. The van der Waals surface area contributed by atoms with Crippen molar-refractivity contribution in [2.24, 2.45) is 4.99 Å². The topological polar surface area (TPSA) is 35.8 Å². The normalized spacial score (nSPS) is 33.7. The van der Waals surface area contributed by atoms with Crippen molar-refractivity contribution >= 4 is 22.1 Å². The van der Waals surface area contributed by atoms with Crippen LogP contribution in [0.1, 0.15) is 12.8 Å². The summed E-state index contributed by atoms with van der Waals surface area (Å²) < 4.78 is 0. The van der Waals surface area contributed by atoms with E-state index in [2.05, 4.69) is 31.9 Å². The molecular formula is C9H13BrN2O. The molecule has 72 valence electrons. The Labute approximate surface area is 86.3 Å². The number of halogens is 1. The van der Waals surface area contributed by atoms with E-state index in [1.165, 1.54) is 0 Å². The van der Waals surface area contributed by atoms with Gasteiger partial charge in [-0.25, -0.2) is 4.99 Å². The molecule has 2 aliphatic rings. The van der Waals surface area contributed by atoms with Crippen LogP contribution >= 0.6 is 15.9 Å². The van der Waals surface area contributed by atoms with Crippen molar-refractivity contribution in [1.82, 2.24) is 4.90 Å². The first kappa shape index (κ1) is 9.21. The van der Waals surface area contributed by atoms with E-state index in [-0.39, 0.29) is 6.10 Å². The number of alkyl halides is 1. The molecule has 1 saturated heterocycles. The Morgan fingerprint density at radius 2 is 2.46 bits per heavy atom. The van der Waals surface area contributed by atoms with Gasteiger partial charge in [-0.15, -0.1) is 0 Å². The van der Waals surface area contributed by atoms with Crippen molar-refractivity contribution in [1.29, 1.82) is 0 Å². The summed E-state index contributed by atoms with van der Waals surface area (Å²) in [6.07, 6.45) is 5.73. The minimum Gasteiger partial charge on any atom is -0.391 e. The molecule has 0 aliphatic carbocycles. The predicted molar refractivity (Wildman–Crippen MR) is 56.1 cm³/mol. The number of rotatable bonds is 1. The number of hydrogen-bond acceptors (Lipinski definition) is 3. The lowest BCUT2D eigenvalue weighted by atomic mass is 10.2. The summed E-state index contributed by atoms with van der Waals surface area (Å²) in [7, 11) is 0. The fourth-order valence-corrected chi connectivity index (χ4v) is 1.95. The van der Waals surface area contributed by atoms with E-state index in [1.807, 2.05) is 6.21 Å². The number of nitrogens with zero attached hydrogens (tertiary/aromatic N) is 2. The number of aliphatic imine (C=N–C) groups is 1. The smallest absolute Gasteiger partial charge is 0.124 e. The Balaban J connectivity index is 1.99. The number of β-amino-alcohol motifs (C(OH)–C–C–N with tert-alkyl or cyclic N) is 1. The molecule has 2 atom stereocenters. The van der Waals surface area contributed by atoms with Crippen molar-refractivity contribution in [3.63, 3.8) is 0 Å². The highest BCUT2D eigenvalue weighted by Gasteiger charge is 2.22. The minimum absolute atomic E-state index is 0.169. The van der Waals surface area contributed by atoms with Crippen LogP contribution < -0.4 is 0 Å². The first-order valence-corrected chi connectivity index (χ1v) is 5.48. The second-order valence-corrected chi connectivity index (χ2v) is 4.66. The number of aliphatic hydroxyl groups excluding tert-OH is 1. The van der Waals surface area contributed by atoms with Gasteiger partial charge in [-0.1, -0.05) is 15.9 Å². The zero-order valence-corrected chi connectivity index (χ0v) is 8.94. The minimum atomic E-state index is -0.169. The Bertz CT molecular complexity index is 252. The van der Waals surface area contributed by atoms with E-state index in [9.17, 15) is 5.11 Å². The first-order chi connectivity index (χ1) is 6.25. The lowest BCUT2D eigenvalue weighted by Gasteiger charge is -2.20.